The number of imidazole rings is 1. The second-order valence-corrected chi connectivity index (χ2v) is 8.15. The van der Waals surface area contributed by atoms with Gasteiger partial charge in [0, 0.05) is 44.0 Å². The van der Waals surface area contributed by atoms with E-state index in [1.807, 2.05) is 58.9 Å². The highest BCUT2D eigenvalue weighted by atomic mass is 16.5. The second kappa shape index (κ2) is 12.4. The second-order valence-electron chi connectivity index (χ2n) is 8.15. The molecule has 0 atom stereocenters. The molecule has 8 heteroatoms. The van der Waals surface area contributed by atoms with Gasteiger partial charge in [-0.05, 0) is 50.4 Å². The third-order valence-electron chi connectivity index (χ3n) is 6.01. The molecule has 4 heterocycles. The maximum Gasteiger partial charge on any atom is 0.165 e. The van der Waals surface area contributed by atoms with Gasteiger partial charge in [0.05, 0.1) is 24.2 Å². The summed E-state index contributed by atoms with van der Waals surface area (Å²) in [5, 5.41) is 0. The molecule has 1 aromatic carbocycles. The van der Waals surface area contributed by atoms with Gasteiger partial charge >= 0.3 is 0 Å². The molecule has 0 unspecified atom stereocenters. The first kappa shape index (κ1) is 26.9. The van der Waals surface area contributed by atoms with Crippen LogP contribution in [0.4, 0.5) is 11.5 Å². The van der Waals surface area contributed by atoms with Crippen LogP contribution in [0.2, 0.25) is 0 Å². The number of aryl methyl sites for hydroxylation is 1. The molecule has 36 heavy (non-hydrogen) atoms. The molecule has 1 fully saturated rings. The van der Waals surface area contributed by atoms with Crippen LogP contribution in [0.25, 0.3) is 28.1 Å². The Bertz CT molecular complexity index is 1280. The fraction of sp³-hybridized carbons (Fsp3) is 0.393. The monoisotopic (exact) mass is 489 g/mol. The lowest BCUT2D eigenvalue weighted by Crippen LogP contribution is -2.44. The Morgan fingerprint density at radius 3 is 2.28 bits per heavy atom. The van der Waals surface area contributed by atoms with E-state index in [1.165, 1.54) is 0 Å². The standard InChI is InChI=1S/C24H27N7O.2C2H6/c1-16-27-20-6-5-19(17-8-9-26-23(25)14-17)28-24(20)31(16)18-4-7-21(22(15-18)32-3)30-12-10-29(2)11-13-30;2*1-2/h4-9,14-15H,10-13H2,1-3H3,(H2,25,26);2*1-2H3. The SMILES string of the molecule is CC.CC.COc1cc(-n2c(C)nc3ccc(-c4ccnc(N)c4)nc32)ccc1N1CCN(C)CC1. The van der Waals surface area contributed by atoms with Crippen molar-refractivity contribution in [1.82, 2.24) is 24.4 Å². The number of likely N-dealkylation sites (N-methyl/N-ethyl adjacent to an activating group) is 1. The van der Waals surface area contributed by atoms with Gasteiger partial charge in [0.2, 0.25) is 0 Å². The van der Waals surface area contributed by atoms with Crippen molar-refractivity contribution in [2.24, 2.45) is 0 Å². The molecule has 0 bridgehead atoms. The number of hydrogen-bond acceptors (Lipinski definition) is 7. The molecule has 0 radical (unpaired) electrons. The van der Waals surface area contributed by atoms with Crippen molar-refractivity contribution < 1.29 is 4.74 Å². The fourth-order valence-corrected chi connectivity index (χ4v) is 4.26. The van der Waals surface area contributed by atoms with Crippen molar-refractivity contribution in [1.29, 1.82) is 0 Å². The Kier molecular flexibility index (Phi) is 9.25. The van der Waals surface area contributed by atoms with E-state index in [2.05, 4.69) is 44.6 Å². The van der Waals surface area contributed by atoms with E-state index >= 15 is 0 Å². The third-order valence-corrected chi connectivity index (χ3v) is 6.01. The van der Waals surface area contributed by atoms with Crippen LogP contribution in [-0.4, -0.2) is 64.8 Å². The fourth-order valence-electron chi connectivity index (χ4n) is 4.26. The molecule has 2 N–H and O–H groups in total. The van der Waals surface area contributed by atoms with Crippen molar-refractivity contribution in [3.05, 3.63) is 54.5 Å². The summed E-state index contributed by atoms with van der Waals surface area (Å²) in [6, 6.07) is 14.0. The topological polar surface area (TPSA) is 85.3 Å². The number of piperazine rings is 1. The summed E-state index contributed by atoms with van der Waals surface area (Å²) in [5.41, 5.74) is 11.4. The zero-order chi connectivity index (χ0) is 26.2. The van der Waals surface area contributed by atoms with Crippen LogP contribution in [-0.2, 0) is 0 Å². The zero-order valence-corrected chi connectivity index (χ0v) is 22.6. The van der Waals surface area contributed by atoms with E-state index in [0.29, 0.717) is 5.82 Å². The highest BCUT2D eigenvalue weighted by Crippen LogP contribution is 2.33. The number of benzene rings is 1. The van der Waals surface area contributed by atoms with Crippen molar-refractivity contribution in [3.8, 4) is 22.7 Å². The number of fused-ring (bicyclic) bond motifs is 1. The van der Waals surface area contributed by atoms with Gasteiger partial charge in [-0.3, -0.25) is 4.57 Å². The van der Waals surface area contributed by atoms with Gasteiger partial charge in [-0.15, -0.1) is 0 Å². The first-order chi connectivity index (χ1) is 17.5. The summed E-state index contributed by atoms with van der Waals surface area (Å²) in [5.74, 6) is 2.19. The number of rotatable bonds is 4. The van der Waals surface area contributed by atoms with E-state index in [0.717, 1.165) is 71.5 Å². The Morgan fingerprint density at radius 2 is 1.61 bits per heavy atom. The molecule has 0 saturated carbocycles. The number of nitrogen functional groups attached to an aromatic ring is 1. The van der Waals surface area contributed by atoms with Gasteiger partial charge < -0.3 is 20.3 Å². The van der Waals surface area contributed by atoms with Crippen LogP contribution in [0, 0.1) is 6.92 Å². The van der Waals surface area contributed by atoms with E-state index in [4.69, 9.17) is 20.4 Å². The van der Waals surface area contributed by atoms with Gasteiger partial charge in [0.25, 0.3) is 0 Å². The van der Waals surface area contributed by atoms with Crippen LogP contribution < -0.4 is 15.4 Å². The van der Waals surface area contributed by atoms with Gasteiger partial charge in [0.15, 0.2) is 5.65 Å². The lowest BCUT2D eigenvalue weighted by atomic mass is 10.1. The van der Waals surface area contributed by atoms with Gasteiger partial charge in [-0.25, -0.2) is 15.0 Å². The van der Waals surface area contributed by atoms with Crippen LogP contribution in [0.3, 0.4) is 0 Å². The average Bonchev–Trinajstić information content (AvgIpc) is 3.26. The summed E-state index contributed by atoms with van der Waals surface area (Å²) in [7, 11) is 3.88. The normalized spacial score (nSPS) is 13.5. The van der Waals surface area contributed by atoms with Crippen LogP contribution in [0.5, 0.6) is 5.75 Å². The highest BCUT2D eigenvalue weighted by molar-refractivity contribution is 5.79. The van der Waals surface area contributed by atoms with Crippen molar-refractivity contribution in [2.45, 2.75) is 34.6 Å². The molecule has 1 aliphatic heterocycles. The molecule has 192 valence electrons. The third kappa shape index (κ3) is 5.60. The molecule has 4 aromatic rings. The molecule has 0 aliphatic carbocycles. The minimum absolute atomic E-state index is 0.471. The molecule has 1 saturated heterocycles. The van der Waals surface area contributed by atoms with E-state index in [9.17, 15) is 0 Å². The molecule has 5 rings (SSSR count). The molecule has 3 aromatic heterocycles. The number of ether oxygens (including phenoxy) is 1. The highest BCUT2D eigenvalue weighted by Gasteiger charge is 2.19. The van der Waals surface area contributed by atoms with Crippen LogP contribution in [0.1, 0.15) is 33.5 Å². The Labute approximate surface area is 214 Å². The zero-order valence-electron chi connectivity index (χ0n) is 22.6. The van der Waals surface area contributed by atoms with Crippen LogP contribution in [0.15, 0.2) is 48.7 Å². The first-order valence-corrected chi connectivity index (χ1v) is 12.7. The average molecular weight is 490 g/mol. The summed E-state index contributed by atoms with van der Waals surface area (Å²) < 4.78 is 7.86. The number of aromatic nitrogens is 4. The minimum atomic E-state index is 0.471. The number of methoxy groups -OCH3 is 1. The number of nitrogens with zero attached hydrogens (tertiary/aromatic N) is 6. The Morgan fingerprint density at radius 1 is 0.889 bits per heavy atom. The number of hydrogen-bond donors (Lipinski definition) is 1. The molecule has 0 amide bonds. The Balaban J connectivity index is 0.000000861. The maximum absolute atomic E-state index is 5.87. The van der Waals surface area contributed by atoms with Crippen molar-refractivity contribution >= 4 is 22.7 Å². The summed E-state index contributed by atoms with van der Waals surface area (Å²) >= 11 is 0. The summed E-state index contributed by atoms with van der Waals surface area (Å²) in [6.07, 6.45) is 1.70. The smallest absolute Gasteiger partial charge is 0.165 e. The lowest BCUT2D eigenvalue weighted by molar-refractivity contribution is 0.311. The van der Waals surface area contributed by atoms with Crippen LogP contribution >= 0.6 is 0 Å². The van der Waals surface area contributed by atoms with E-state index < -0.39 is 0 Å². The quantitative estimate of drug-likeness (QED) is 0.422. The molecule has 1 aliphatic rings. The lowest BCUT2D eigenvalue weighted by Gasteiger charge is -2.34. The molecular formula is C28H39N7O. The number of nitrogens with two attached hydrogens (primary N) is 1. The Hall–Kier alpha value is -3.65. The van der Waals surface area contributed by atoms with Gasteiger partial charge in [-0.1, -0.05) is 27.7 Å². The predicted octanol–water partition coefficient (Wildman–Crippen LogP) is 5.19. The summed E-state index contributed by atoms with van der Waals surface area (Å²) in [6.45, 7) is 14.1. The minimum Gasteiger partial charge on any atom is -0.495 e. The first-order valence-electron chi connectivity index (χ1n) is 12.7. The van der Waals surface area contributed by atoms with Gasteiger partial charge in [0.1, 0.15) is 22.9 Å². The van der Waals surface area contributed by atoms with Gasteiger partial charge in [-0.2, -0.15) is 0 Å². The molecule has 8 nitrogen and oxygen atoms in total. The van der Waals surface area contributed by atoms with E-state index in [1.54, 1.807) is 13.3 Å². The summed E-state index contributed by atoms with van der Waals surface area (Å²) in [4.78, 5) is 18.4. The maximum atomic E-state index is 5.87. The predicted molar refractivity (Wildman–Crippen MR) is 150 cm³/mol. The number of anilines is 2. The largest absolute Gasteiger partial charge is 0.495 e. The van der Waals surface area contributed by atoms with E-state index in [-0.39, 0.29) is 0 Å². The number of pyridine rings is 2. The van der Waals surface area contributed by atoms with Crippen molar-refractivity contribution in [2.75, 3.05) is 51.0 Å². The molecular weight excluding hydrogens is 450 g/mol. The van der Waals surface area contributed by atoms with Crippen molar-refractivity contribution in [3.63, 3.8) is 0 Å². The molecule has 0 spiro atoms.